The molecule has 7 nitrogen and oxygen atoms in total. The SMILES string of the molecule is COc1cc(I)ccc1N=N/C(C#N)=N/Nc1ccc(I)cc1OC. The summed E-state index contributed by atoms with van der Waals surface area (Å²) in [6.45, 7) is 0. The average molecular weight is 561 g/mol. The number of hydrazone groups is 1. The van der Waals surface area contributed by atoms with Gasteiger partial charge in [-0.3, -0.25) is 5.43 Å². The standard InChI is InChI=1S/C16H13I2N5O2/c1-24-14-7-10(17)3-5-12(14)20-22-16(9-19)23-21-13-6-4-11(18)8-15(13)25-2/h3-8,20H,1-2H3/b22-16+,23-21?. The third-order valence-corrected chi connectivity index (χ3v) is 4.28. The van der Waals surface area contributed by atoms with Crippen molar-refractivity contribution in [2.45, 2.75) is 0 Å². The topological polar surface area (TPSA) is 91.4 Å². The van der Waals surface area contributed by atoms with Crippen LogP contribution in [0.4, 0.5) is 11.4 Å². The number of hydrogen-bond acceptors (Lipinski definition) is 6. The van der Waals surface area contributed by atoms with Gasteiger partial charge in [0.05, 0.1) is 19.9 Å². The minimum absolute atomic E-state index is 0.124. The number of nitriles is 1. The number of azo groups is 1. The summed E-state index contributed by atoms with van der Waals surface area (Å²) in [5, 5.41) is 21.0. The van der Waals surface area contributed by atoms with E-state index in [1.54, 1.807) is 26.4 Å². The number of rotatable bonds is 5. The van der Waals surface area contributed by atoms with Crippen LogP contribution < -0.4 is 14.9 Å². The molecular weight excluding hydrogens is 548 g/mol. The molecule has 0 aliphatic rings. The molecule has 0 aromatic heterocycles. The van der Waals surface area contributed by atoms with Crippen molar-refractivity contribution in [2.24, 2.45) is 15.3 Å². The van der Waals surface area contributed by atoms with E-state index in [9.17, 15) is 5.26 Å². The van der Waals surface area contributed by atoms with Gasteiger partial charge in [-0.1, -0.05) is 0 Å². The summed E-state index contributed by atoms with van der Waals surface area (Å²) in [4.78, 5) is 0. The van der Waals surface area contributed by atoms with Crippen LogP contribution in [0, 0.1) is 18.5 Å². The van der Waals surface area contributed by atoms with Gasteiger partial charge < -0.3 is 9.47 Å². The predicted molar refractivity (Wildman–Crippen MR) is 113 cm³/mol. The Balaban J connectivity index is 2.20. The first kappa shape index (κ1) is 19.4. The highest BCUT2D eigenvalue weighted by Crippen LogP contribution is 2.29. The molecule has 2 rings (SSSR count). The van der Waals surface area contributed by atoms with Crippen molar-refractivity contribution in [1.29, 1.82) is 5.26 Å². The number of hydrogen-bond donors (Lipinski definition) is 1. The number of nitrogens with zero attached hydrogens (tertiary/aromatic N) is 4. The van der Waals surface area contributed by atoms with E-state index in [1.165, 1.54) is 0 Å². The molecule has 25 heavy (non-hydrogen) atoms. The maximum absolute atomic E-state index is 9.18. The van der Waals surface area contributed by atoms with Gasteiger partial charge in [0.2, 0.25) is 0 Å². The van der Waals surface area contributed by atoms with Gasteiger partial charge in [-0.25, -0.2) is 0 Å². The van der Waals surface area contributed by atoms with Crippen molar-refractivity contribution >= 4 is 62.4 Å². The third kappa shape index (κ3) is 5.53. The Kier molecular flexibility index (Phi) is 7.38. The predicted octanol–water partition coefficient (Wildman–Crippen LogP) is 4.95. The van der Waals surface area contributed by atoms with E-state index >= 15 is 0 Å². The molecule has 0 unspecified atom stereocenters. The first-order valence-corrected chi connectivity index (χ1v) is 9.05. The zero-order valence-electron chi connectivity index (χ0n) is 13.3. The van der Waals surface area contributed by atoms with Crippen molar-refractivity contribution in [3.05, 3.63) is 43.5 Å². The van der Waals surface area contributed by atoms with Gasteiger partial charge in [0, 0.05) is 7.14 Å². The van der Waals surface area contributed by atoms with Crippen LogP contribution in [0.2, 0.25) is 0 Å². The van der Waals surface area contributed by atoms with Gasteiger partial charge in [0.25, 0.3) is 5.84 Å². The molecule has 0 amide bonds. The van der Waals surface area contributed by atoms with Crippen LogP contribution in [0.5, 0.6) is 11.5 Å². The molecule has 0 radical (unpaired) electrons. The van der Waals surface area contributed by atoms with Crippen LogP contribution >= 0.6 is 45.2 Å². The monoisotopic (exact) mass is 561 g/mol. The number of benzene rings is 2. The van der Waals surface area contributed by atoms with E-state index in [-0.39, 0.29) is 5.84 Å². The number of nitrogens with one attached hydrogen (secondary N) is 1. The minimum Gasteiger partial charge on any atom is -0.494 e. The van der Waals surface area contributed by atoms with Gasteiger partial charge in [-0.2, -0.15) is 5.26 Å². The molecule has 128 valence electrons. The lowest BCUT2D eigenvalue weighted by Gasteiger charge is -2.07. The Labute approximate surface area is 172 Å². The highest BCUT2D eigenvalue weighted by Gasteiger charge is 2.05. The summed E-state index contributed by atoms with van der Waals surface area (Å²) >= 11 is 4.35. The Bertz CT molecular complexity index is 862. The van der Waals surface area contributed by atoms with Crippen molar-refractivity contribution in [2.75, 3.05) is 19.6 Å². The van der Waals surface area contributed by atoms with Crippen LogP contribution in [0.1, 0.15) is 0 Å². The van der Waals surface area contributed by atoms with Gasteiger partial charge in [-0.15, -0.1) is 15.3 Å². The Morgan fingerprint density at radius 2 is 1.68 bits per heavy atom. The second-order valence-electron chi connectivity index (χ2n) is 4.52. The molecule has 0 bridgehead atoms. The highest BCUT2D eigenvalue weighted by molar-refractivity contribution is 14.1. The molecule has 0 saturated carbocycles. The average Bonchev–Trinajstić information content (AvgIpc) is 2.63. The van der Waals surface area contributed by atoms with E-state index in [1.807, 2.05) is 30.3 Å². The lowest BCUT2D eigenvalue weighted by Crippen LogP contribution is -1.98. The van der Waals surface area contributed by atoms with E-state index in [4.69, 9.17) is 9.47 Å². The summed E-state index contributed by atoms with van der Waals surface area (Å²) in [5.41, 5.74) is 3.90. The fourth-order valence-electron chi connectivity index (χ4n) is 1.78. The molecule has 2 aromatic carbocycles. The summed E-state index contributed by atoms with van der Waals surface area (Å²) < 4.78 is 12.6. The summed E-state index contributed by atoms with van der Waals surface area (Å²) in [5.74, 6) is 1.06. The first-order chi connectivity index (χ1) is 12.1. The third-order valence-electron chi connectivity index (χ3n) is 2.94. The molecule has 0 fully saturated rings. The maximum Gasteiger partial charge on any atom is 0.270 e. The highest BCUT2D eigenvalue weighted by atomic mass is 127. The summed E-state index contributed by atoms with van der Waals surface area (Å²) in [6, 6.07) is 12.9. The normalized spacial score (nSPS) is 11.2. The smallest absolute Gasteiger partial charge is 0.270 e. The van der Waals surface area contributed by atoms with Gasteiger partial charge in [0.15, 0.2) is 0 Å². The summed E-state index contributed by atoms with van der Waals surface area (Å²) in [6.07, 6.45) is 0. The Morgan fingerprint density at radius 3 is 2.32 bits per heavy atom. The number of methoxy groups -OCH3 is 2. The van der Waals surface area contributed by atoms with Crippen LogP contribution in [-0.4, -0.2) is 20.1 Å². The van der Waals surface area contributed by atoms with Crippen LogP contribution in [0.15, 0.2) is 51.7 Å². The van der Waals surface area contributed by atoms with Gasteiger partial charge in [0.1, 0.15) is 23.3 Å². The minimum atomic E-state index is -0.124. The molecule has 0 atom stereocenters. The largest absolute Gasteiger partial charge is 0.494 e. The van der Waals surface area contributed by atoms with Crippen molar-refractivity contribution in [3.63, 3.8) is 0 Å². The lowest BCUT2D eigenvalue weighted by molar-refractivity contribution is 0.415. The first-order valence-electron chi connectivity index (χ1n) is 6.90. The quantitative estimate of drug-likeness (QED) is 0.184. The molecular formula is C16H13I2N5O2. The number of anilines is 1. The van der Waals surface area contributed by atoms with E-state index in [2.05, 4.69) is 65.9 Å². The van der Waals surface area contributed by atoms with Crippen LogP contribution in [0.25, 0.3) is 0 Å². The zero-order valence-corrected chi connectivity index (χ0v) is 17.6. The van der Waals surface area contributed by atoms with Gasteiger partial charge >= 0.3 is 0 Å². The molecule has 0 spiro atoms. The fourth-order valence-corrected chi connectivity index (χ4v) is 2.70. The van der Waals surface area contributed by atoms with Crippen LogP contribution in [-0.2, 0) is 0 Å². The molecule has 0 aliphatic heterocycles. The molecule has 0 saturated heterocycles. The number of halogens is 2. The van der Waals surface area contributed by atoms with Gasteiger partial charge in [-0.05, 0) is 81.6 Å². The van der Waals surface area contributed by atoms with Crippen molar-refractivity contribution in [1.82, 2.24) is 0 Å². The zero-order chi connectivity index (χ0) is 18.2. The molecule has 0 aliphatic carbocycles. The van der Waals surface area contributed by atoms with E-state index in [0.717, 1.165) is 7.14 Å². The second-order valence-corrected chi connectivity index (χ2v) is 7.01. The fraction of sp³-hybridized carbons (Fsp3) is 0.125. The molecule has 1 N–H and O–H groups in total. The van der Waals surface area contributed by atoms with Crippen molar-refractivity contribution < 1.29 is 9.47 Å². The summed E-state index contributed by atoms with van der Waals surface area (Å²) in [7, 11) is 3.11. The molecule has 9 heteroatoms. The number of amidine groups is 1. The lowest BCUT2D eigenvalue weighted by atomic mass is 10.3. The van der Waals surface area contributed by atoms with Crippen LogP contribution in [0.3, 0.4) is 0 Å². The van der Waals surface area contributed by atoms with E-state index < -0.39 is 0 Å². The van der Waals surface area contributed by atoms with Crippen molar-refractivity contribution in [3.8, 4) is 17.6 Å². The Morgan fingerprint density at radius 1 is 1.04 bits per heavy atom. The molecule has 2 aromatic rings. The maximum atomic E-state index is 9.18. The number of ether oxygens (including phenoxy) is 2. The second kappa shape index (κ2) is 9.52. The van der Waals surface area contributed by atoms with E-state index in [0.29, 0.717) is 22.9 Å². The molecule has 0 heterocycles. The Hall–Kier alpha value is -1.94.